The quantitative estimate of drug-likeness (QED) is 0.315. The summed E-state index contributed by atoms with van der Waals surface area (Å²) in [5.74, 6) is 1.99. The smallest absolute Gasteiger partial charge is 0.191 e. The molecule has 1 unspecified atom stereocenters. The largest absolute Gasteiger partial charge is 0.493 e. The molecule has 7 heteroatoms. The normalized spacial score (nSPS) is 16.8. The van der Waals surface area contributed by atoms with Crippen molar-refractivity contribution in [1.82, 2.24) is 15.5 Å². The van der Waals surface area contributed by atoms with Gasteiger partial charge in [0.15, 0.2) is 17.5 Å². The maximum Gasteiger partial charge on any atom is 0.191 e. The van der Waals surface area contributed by atoms with Gasteiger partial charge in [0.05, 0.1) is 26.9 Å². The molecule has 1 aliphatic heterocycles. The van der Waals surface area contributed by atoms with Gasteiger partial charge in [-0.3, -0.25) is 4.99 Å². The third-order valence-corrected chi connectivity index (χ3v) is 5.20. The zero-order chi connectivity index (χ0) is 20.9. The molecule has 0 radical (unpaired) electrons. The van der Waals surface area contributed by atoms with E-state index in [1.54, 1.807) is 26.4 Å². The van der Waals surface area contributed by atoms with Crippen molar-refractivity contribution in [3.63, 3.8) is 0 Å². The highest BCUT2D eigenvalue weighted by Crippen LogP contribution is 2.30. The first-order valence-electron chi connectivity index (χ1n) is 10.8. The zero-order valence-corrected chi connectivity index (χ0v) is 18.2. The highest BCUT2D eigenvalue weighted by molar-refractivity contribution is 5.79. The molecule has 0 aromatic heterocycles. The van der Waals surface area contributed by atoms with E-state index in [4.69, 9.17) is 9.47 Å². The van der Waals surface area contributed by atoms with Crippen LogP contribution in [0.2, 0.25) is 0 Å². The fourth-order valence-corrected chi connectivity index (χ4v) is 3.55. The van der Waals surface area contributed by atoms with Gasteiger partial charge in [-0.15, -0.1) is 0 Å². The van der Waals surface area contributed by atoms with Gasteiger partial charge in [0.25, 0.3) is 0 Å². The lowest BCUT2D eigenvalue weighted by molar-refractivity contribution is 0.186. The van der Waals surface area contributed by atoms with Gasteiger partial charge in [-0.1, -0.05) is 18.9 Å². The Kier molecular flexibility index (Phi) is 10.7. The van der Waals surface area contributed by atoms with Crippen LogP contribution < -0.4 is 20.1 Å². The lowest BCUT2D eigenvalue weighted by Crippen LogP contribution is -2.39. The molecule has 1 aromatic carbocycles. The van der Waals surface area contributed by atoms with Crippen molar-refractivity contribution in [2.24, 2.45) is 4.99 Å². The topological polar surface area (TPSA) is 78.4 Å². The summed E-state index contributed by atoms with van der Waals surface area (Å²) in [7, 11) is 3.18. The van der Waals surface area contributed by atoms with Crippen molar-refractivity contribution >= 4 is 5.96 Å². The van der Waals surface area contributed by atoms with Crippen LogP contribution in [0, 0.1) is 0 Å². The number of hydrogen-bond acceptors (Lipinski definition) is 5. The third kappa shape index (κ3) is 8.11. The van der Waals surface area contributed by atoms with E-state index in [-0.39, 0.29) is 6.54 Å². The van der Waals surface area contributed by atoms with Crippen LogP contribution in [0.1, 0.15) is 50.7 Å². The van der Waals surface area contributed by atoms with Crippen molar-refractivity contribution in [2.75, 3.05) is 53.5 Å². The average molecular weight is 407 g/mol. The number of rotatable bonds is 10. The average Bonchev–Trinajstić information content (AvgIpc) is 3.03. The van der Waals surface area contributed by atoms with Gasteiger partial charge < -0.3 is 30.1 Å². The number of aliphatic imine (C=N–C) groups is 1. The number of benzene rings is 1. The van der Waals surface area contributed by atoms with Gasteiger partial charge in [0.1, 0.15) is 0 Å². The summed E-state index contributed by atoms with van der Waals surface area (Å²) >= 11 is 0. The summed E-state index contributed by atoms with van der Waals surface area (Å²) in [6.45, 7) is 7.55. The van der Waals surface area contributed by atoms with E-state index < -0.39 is 6.10 Å². The second-order valence-corrected chi connectivity index (χ2v) is 7.39. The fourth-order valence-electron chi connectivity index (χ4n) is 3.55. The SMILES string of the molecule is CCNC(=NCC(O)c1ccc(OC)c(OC)c1)NCCCN1CCCCCC1. The van der Waals surface area contributed by atoms with Gasteiger partial charge in [0.2, 0.25) is 0 Å². The van der Waals surface area contributed by atoms with Gasteiger partial charge in [-0.2, -0.15) is 0 Å². The summed E-state index contributed by atoms with van der Waals surface area (Å²) in [4.78, 5) is 7.11. The number of methoxy groups -OCH3 is 2. The van der Waals surface area contributed by atoms with E-state index in [1.807, 2.05) is 13.0 Å². The first-order chi connectivity index (χ1) is 14.2. The van der Waals surface area contributed by atoms with E-state index in [9.17, 15) is 5.11 Å². The molecule has 0 aliphatic carbocycles. The molecule has 1 saturated heterocycles. The molecule has 1 heterocycles. The molecule has 0 bridgehead atoms. The second-order valence-electron chi connectivity index (χ2n) is 7.39. The number of nitrogens with zero attached hydrogens (tertiary/aromatic N) is 2. The molecule has 1 fully saturated rings. The number of aliphatic hydroxyl groups excluding tert-OH is 1. The number of hydrogen-bond donors (Lipinski definition) is 3. The van der Waals surface area contributed by atoms with Gasteiger partial charge in [0, 0.05) is 13.1 Å². The molecule has 0 amide bonds. The van der Waals surface area contributed by atoms with Crippen LogP contribution in [0.25, 0.3) is 0 Å². The maximum atomic E-state index is 10.5. The van der Waals surface area contributed by atoms with Gasteiger partial charge in [-0.05, 0) is 63.5 Å². The van der Waals surface area contributed by atoms with E-state index in [2.05, 4.69) is 20.5 Å². The van der Waals surface area contributed by atoms with Crippen molar-refractivity contribution < 1.29 is 14.6 Å². The van der Waals surface area contributed by atoms with E-state index in [0.717, 1.165) is 37.6 Å². The molecule has 3 N–H and O–H groups in total. The first kappa shape index (κ1) is 23.3. The number of ether oxygens (including phenoxy) is 2. The molecule has 0 saturated carbocycles. The minimum absolute atomic E-state index is 0.275. The molecule has 1 aromatic rings. The third-order valence-electron chi connectivity index (χ3n) is 5.20. The predicted octanol–water partition coefficient (Wildman–Crippen LogP) is 2.56. The minimum atomic E-state index is -0.706. The Hall–Kier alpha value is -1.99. The number of guanidine groups is 1. The minimum Gasteiger partial charge on any atom is -0.493 e. The van der Waals surface area contributed by atoms with E-state index >= 15 is 0 Å². The van der Waals surface area contributed by atoms with E-state index in [1.165, 1.54) is 38.8 Å². The molecule has 7 nitrogen and oxygen atoms in total. The molecule has 164 valence electrons. The lowest BCUT2D eigenvalue weighted by atomic mass is 10.1. The van der Waals surface area contributed by atoms with E-state index in [0.29, 0.717) is 11.5 Å². The van der Waals surface area contributed by atoms with Crippen LogP contribution in [0.5, 0.6) is 11.5 Å². The van der Waals surface area contributed by atoms with Gasteiger partial charge in [-0.25, -0.2) is 0 Å². The molecule has 1 aliphatic rings. The monoisotopic (exact) mass is 406 g/mol. The fraction of sp³-hybridized carbons (Fsp3) is 0.682. The number of aliphatic hydroxyl groups is 1. The molecule has 29 heavy (non-hydrogen) atoms. The van der Waals surface area contributed by atoms with Crippen molar-refractivity contribution in [3.8, 4) is 11.5 Å². The van der Waals surface area contributed by atoms with Crippen LogP contribution in [0.3, 0.4) is 0 Å². The Morgan fingerprint density at radius 3 is 2.48 bits per heavy atom. The van der Waals surface area contributed by atoms with Crippen LogP contribution in [0.4, 0.5) is 0 Å². The Balaban J connectivity index is 1.82. The molecule has 0 spiro atoms. The summed E-state index contributed by atoms with van der Waals surface area (Å²) in [6, 6.07) is 5.43. The lowest BCUT2D eigenvalue weighted by Gasteiger charge is -2.20. The van der Waals surface area contributed by atoms with Crippen molar-refractivity contribution in [1.29, 1.82) is 0 Å². The molecular formula is C22H38N4O3. The summed E-state index contributed by atoms with van der Waals surface area (Å²) in [6.07, 6.45) is 5.77. The number of likely N-dealkylation sites (tertiary alicyclic amines) is 1. The standard InChI is InChI=1S/C22H38N4O3/c1-4-23-22(24-12-9-15-26-13-7-5-6-8-14-26)25-17-19(27)18-10-11-20(28-2)21(16-18)29-3/h10-11,16,19,27H,4-9,12-15,17H2,1-3H3,(H2,23,24,25). The highest BCUT2D eigenvalue weighted by Gasteiger charge is 2.12. The van der Waals surface area contributed by atoms with Gasteiger partial charge >= 0.3 is 0 Å². The Bertz CT molecular complexity index is 616. The van der Waals surface area contributed by atoms with Crippen LogP contribution >= 0.6 is 0 Å². The zero-order valence-electron chi connectivity index (χ0n) is 18.2. The summed E-state index contributed by atoms with van der Waals surface area (Å²) in [5.41, 5.74) is 0.753. The summed E-state index contributed by atoms with van der Waals surface area (Å²) < 4.78 is 10.6. The number of nitrogens with one attached hydrogen (secondary N) is 2. The van der Waals surface area contributed by atoms with Crippen LogP contribution in [0.15, 0.2) is 23.2 Å². The second kappa shape index (κ2) is 13.3. The molecular weight excluding hydrogens is 368 g/mol. The van der Waals surface area contributed by atoms with Crippen LogP contribution in [-0.2, 0) is 0 Å². The van der Waals surface area contributed by atoms with Crippen LogP contribution in [-0.4, -0.2) is 69.5 Å². The Labute approximate surface area is 175 Å². The molecule has 2 rings (SSSR count). The molecule has 1 atom stereocenters. The first-order valence-corrected chi connectivity index (χ1v) is 10.8. The predicted molar refractivity (Wildman–Crippen MR) is 118 cm³/mol. The highest BCUT2D eigenvalue weighted by atomic mass is 16.5. The summed E-state index contributed by atoms with van der Waals surface area (Å²) in [5, 5.41) is 17.2. The Morgan fingerprint density at radius 1 is 1.10 bits per heavy atom. The Morgan fingerprint density at radius 2 is 1.83 bits per heavy atom. The van der Waals surface area contributed by atoms with Crippen molar-refractivity contribution in [3.05, 3.63) is 23.8 Å². The maximum absolute atomic E-state index is 10.5. The van der Waals surface area contributed by atoms with Crippen molar-refractivity contribution in [2.45, 2.75) is 45.1 Å².